The lowest BCUT2D eigenvalue weighted by molar-refractivity contribution is 0.0463. The number of amides is 2. The standard InChI is InChI=1S/C29H25N3O5S/c1-3-36-25-13-10-19(15-32-26(33)22-6-4-5-7-23(22)27(32)34)14-24(25)28(35)37-16-21-17-38-29(31-21)30-20-11-8-18(2)9-12-20/h4-14,17H,3,15-16H2,1-2H3,(H,30,31). The predicted octanol–water partition coefficient (Wildman–Crippen LogP) is 5.75. The van der Waals surface area contributed by atoms with Gasteiger partial charge >= 0.3 is 5.97 Å². The summed E-state index contributed by atoms with van der Waals surface area (Å²) in [6.07, 6.45) is 0. The zero-order valence-corrected chi connectivity index (χ0v) is 21.7. The second-order valence-corrected chi connectivity index (χ2v) is 9.57. The maximum atomic E-state index is 13.1. The summed E-state index contributed by atoms with van der Waals surface area (Å²) in [5.41, 5.74) is 4.27. The Bertz CT molecular complexity index is 1480. The molecule has 0 atom stereocenters. The highest BCUT2D eigenvalue weighted by Gasteiger charge is 2.35. The van der Waals surface area contributed by atoms with Crippen LogP contribution in [0.25, 0.3) is 0 Å². The molecule has 38 heavy (non-hydrogen) atoms. The van der Waals surface area contributed by atoms with Crippen molar-refractivity contribution in [2.24, 2.45) is 0 Å². The van der Waals surface area contributed by atoms with Crippen LogP contribution >= 0.6 is 11.3 Å². The minimum absolute atomic E-state index is 0.0148. The van der Waals surface area contributed by atoms with Crippen LogP contribution < -0.4 is 10.1 Å². The lowest BCUT2D eigenvalue weighted by atomic mass is 10.1. The Morgan fingerprint density at radius 3 is 2.39 bits per heavy atom. The topological polar surface area (TPSA) is 97.8 Å². The molecule has 1 N–H and O–H groups in total. The van der Waals surface area contributed by atoms with E-state index < -0.39 is 5.97 Å². The van der Waals surface area contributed by atoms with Crippen LogP contribution in [0.4, 0.5) is 10.8 Å². The normalized spacial score (nSPS) is 12.4. The van der Waals surface area contributed by atoms with E-state index in [9.17, 15) is 14.4 Å². The van der Waals surface area contributed by atoms with E-state index in [1.807, 2.05) is 43.5 Å². The molecular formula is C29H25N3O5S. The molecule has 192 valence electrons. The minimum atomic E-state index is -0.585. The molecule has 1 aliphatic heterocycles. The predicted molar refractivity (Wildman–Crippen MR) is 144 cm³/mol. The van der Waals surface area contributed by atoms with Gasteiger partial charge in [-0.1, -0.05) is 35.9 Å². The van der Waals surface area contributed by atoms with Gasteiger partial charge in [0.15, 0.2) is 5.13 Å². The second-order valence-electron chi connectivity index (χ2n) is 8.72. The molecule has 2 amide bonds. The van der Waals surface area contributed by atoms with Gasteiger partial charge in [-0.25, -0.2) is 9.78 Å². The Balaban J connectivity index is 1.27. The highest BCUT2D eigenvalue weighted by atomic mass is 32.1. The van der Waals surface area contributed by atoms with Crippen LogP contribution in [0.3, 0.4) is 0 Å². The summed E-state index contributed by atoms with van der Waals surface area (Å²) in [5, 5.41) is 5.76. The van der Waals surface area contributed by atoms with Gasteiger partial charge in [-0.15, -0.1) is 11.3 Å². The van der Waals surface area contributed by atoms with E-state index in [0.29, 0.717) is 39.9 Å². The third-order valence-electron chi connectivity index (χ3n) is 5.99. The van der Waals surface area contributed by atoms with Crippen LogP contribution in [-0.2, 0) is 17.9 Å². The molecule has 9 heteroatoms. The number of rotatable bonds is 9. The number of nitrogens with one attached hydrogen (secondary N) is 1. The summed E-state index contributed by atoms with van der Waals surface area (Å²) in [4.78, 5) is 44.3. The van der Waals surface area contributed by atoms with Crippen molar-refractivity contribution in [2.75, 3.05) is 11.9 Å². The van der Waals surface area contributed by atoms with Crippen molar-refractivity contribution in [3.05, 3.63) is 106 Å². The highest BCUT2D eigenvalue weighted by Crippen LogP contribution is 2.28. The van der Waals surface area contributed by atoms with Gasteiger partial charge in [-0.3, -0.25) is 14.5 Å². The molecule has 0 fully saturated rings. The molecular weight excluding hydrogens is 502 g/mol. The number of ether oxygens (including phenoxy) is 2. The maximum absolute atomic E-state index is 13.1. The largest absolute Gasteiger partial charge is 0.493 e. The van der Waals surface area contributed by atoms with Crippen molar-refractivity contribution in [1.29, 1.82) is 0 Å². The SMILES string of the molecule is CCOc1ccc(CN2C(=O)c3ccccc3C2=O)cc1C(=O)OCc1csc(Nc2ccc(C)cc2)n1. The zero-order valence-electron chi connectivity index (χ0n) is 20.9. The number of imide groups is 1. The molecule has 1 aromatic heterocycles. The van der Waals surface area contributed by atoms with Crippen LogP contribution in [0.15, 0.2) is 72.1 Å². The summed E-state index contributed by atoms with van der Waals surface area (Å²) in [7, 11) is 0. The molecule has 8 nitrogen and oxygen atoms in total. The lowest BCUT2D eigenvalue weighted by Gasteiger charge is -2.16. The summed E-state index contributed by atoms with van der Waals surface area (Å²) in [5.74, 6) is -0.938. The number of nitrogens with zero attached hydrogens (tertiary/aromatic N) is 2. The Hall–Kier alpha value is -4.50. The van der Waals surface area contributed by atoms with Gasteiger partial charge in [-0.2, -0.15) is 0 Å². The highest BCUT2D eigenvalue weighted by molar-refractivity contribution is 7.13. The quantitative estimate of drug-likeness (QED) is 0.219. The first kappa shape index (κ1) is 25.2. The van der Waals surface area contributed by atoms with Gasteiger partial charge in [0.25, 0.3) is 11.8 Å². The fourth-order valence-electron chi connectivity index (χ4n) is 4.09. The summed E-state index contributed by atoms with van der Waals surface area (Å²) in [6, 6.07) is 19.7. The number of hydrogen-bond acceptors (Lipinski definition) is 8. The monoisotopic (exact) mass is 527 g/mol. The fourth-order valence-corrected chi connectivity index (χ4v) is 4.81. The Morgan fingerprint density at radius 2 is 1.71 bits per heavy atom. The third-order valence-corrected chi connectivity index (χ3v) is 6.79. The van der Waals surface area contributed by atoms with E-state index >= 15 is 0 Å². The molecule has 2 heterocycles. The van der Waals surface area contributed by atoms with E-state index in [1.54, 1.807) is 42.5 Å². The number of esters is 1. The Morgan fingerprint density at radius 1 is 1.00 bits per heavy atom. The molecule has 0 bridgehead atoms. The smallest absolute Gasteiger partial charge is 0.342 e. The van der Waals surface area contributed by atoms with Gasteiger partial charge in [0.1, 0.15) is 17.9 Å². The molecule has 1 aliphatic rings. The van der Waals surface area contributed by atoms with Crippen LogP contribution in [-0.4, -0.2) is 34.3 Å². The van der Waals surface area contributed by atoms with Crippen molar-refractivity contribution < 1.29 is 23.9 Å². The van der Waals surface area contributed by atoms with Crippen molar-refractivity contribution in [3.8, 4) is 5.75 Å². The summed E-state index contributed by atoms with van der Waals surface area (Å²) >= 11 is 1.42. The third kappa shape index (κ3) is 5.28. The molecule has 4 aromatic rings. The van der Waals surface area contributed by atoms with Gasteiger partial charge in [-0.05, 0) is 55.8 Å². The number of fused-ring (bicyclic) bond motifs is 1. The average Bonchev–Trinajstić information content (AvgIpc) is 3.47. The first-order valence-corrected chi connectivity index (χ1v) is 13.0. The molecule has 3 aromatic carbocycles. The molecule has 0 saturated carbocycles. The fraction of sp³-hybridized carbons (Fsp3) is 0.172. The van der Waals surface area contributed by atoms with Crippen LogP contribution in [0.5, 0.6) is 5.75 Å². The van der Waals surface area contributed by atoms with E-state index in [0.717, 1.165) is 5.69 Å². The van der Waals surface area contributed by atoms with Crippen molar-refractivity contribution in [1.82, 2.24) is 9.88 Å². The van der Waals surface area contributed by atoms with E-state index in [1.165, 1.54) is 21.8 Å². The number of hydrogen-bond donors (Lipinski definition) is 1. The van der Waals surface area contributed by atoms with Crippen molar-refractivity contribution in [2.45, 2.75) is 27.0 Å². The minimum Gasteiger partial charge on any atom is -0.493 e. The van der Waals surface area contributed by atoms with Gasteiger partial charge in [0, 0.05) is 11.1 Å². The molecule has 0 aliphatic carbocycles. The van der Waals surface area contributed by atoms with Crippen molar-refractivity contribution >= 4 is 39.9 Å². The van der Waals surface area contributed by atoms with Crippen LogP contribution in [0.2, 0.25) is 0 Å². The van der Waals surface area contributed by atoms with E-state index in [4.69, 9.17) is 9.47 Å². The van der Waals surface area contributed by atoms with E-state index in [2.05, 4.69) is 10.3 Å². The number of carbonyl (C=O) groups is 3. The number of aryl methyl sites for hydroxylation is 1. The molecule has 5 rings (SSSR count). The molecule has 0 radical (unpaired) electrons. The second kappa shape index (κ2) is 10.9. The number of benzene rings is 3. The lowest BCUT2D eigenvalue weighted by Crippen LogP contribution is -2.29. The first-order valence-electron chi connectivity index (χ1n) is 12.1. The maximum Gasteiger partial charge on any atom is 0.342 e. The Kier molecular flexibility index (Phi) is 7.19. The average molecular weight is 528 g/mol. The summed E-state index contributed by atoms with van der Waals surface area (Å²) in [6.45, 7) is 4.22. The molecule has 0 spiro atoms. The van der Waals surface area contributed by atoms with Gasteiger partial charge in [0.2, 0.25) is 0 Å². The molecule has 0 saturated heterocycles. The number of anilines is 2. The van der Waals surface area contributed by atoms with Crippen molar-refractivity contribution in [3.63, 3.8) is 0 Å². The number of carbonyl (C=O) groups excluding carboxylic acids is 3. The first-order chi connectivity index (χ1) is 18.4. The van der Waals surface area contributed by atoms with Crippen LogP contribution in [0.1, 0.15) is 54.8 Å². The zero-order chi connectivity index (χ0) is 26.6. The summed E-state index contributed by atoms with van der Waals surface area (Å²) < 4.78 is 11.2. The Labute approximate surface area is 223 Å². The number of aromatic nitrogens is 1. The van der Waals surface area contributed by atoms with Gasteiger partial charge < -0.3 is 14.8 Å². The van der Waals surface area contributed by atoms with Gasteiger partial charge in [0.05, 0.1) is 30.0 Å². The molecule has 0 unspecified atom stereocenters. The van der Waals surface area contributed by atoms with E-state index in [-0.39, 0.29) is 30.5 Å². The van der Waals surface area contributed by atoms with Crippen LogP contribution in [0, 0.1) is 6.92 Å². The number of thiazole rings is 1.